The van der Waals surface area contributed by atoms with Crippen molar-refractivity contribution in [1.29, 1.82) is 0 Å². The predicted molar refractivity (Wildman–Crippen MR) is 69.5 cm³/mol. The molecule has 1 aromatic rings. The van der Waals surface area contributed by atoms with Crippen LogP contribution in [0.3, 0.4) is 0 Å². The van der Waals surface area contributed by atoms with Crippen LogP contribution in [-0.2, 0) is 0 Å². The minimum absolute atomic E-state index is 0. The van der Waals surface area contributed by atoms with Gasteiger partial charge in [0.05, 0.1) is 0 Å². The molecular weight excluding hydrogens is 206 g/mol. The van der Waals surface area contributed by atoms with Crippen molar-refractivity contribution in [3.63, 3.8) is 0 Å². The third kappa shape index (κ3) is 4.50. The molecule has 1 nitrogen and oxygen atoms in total. The number of rotatable bonds is 4. The number of hydrogen-bond donors (Lipinski definition) is 1. The smallest absolute Gasteiger partial charge is 0.0297 e. The van der Waals surface area contributed by atoms with Crippen LogP contribution in [0.2, 0.25) is 0 Å². The second-order valence-corrected chi connectivity index (χ2v) is 3.89. The fourth-order valence-corrected chi connectivity index (χ4v) is 1.69. The number of allylic oxidation sites excluding steroid dienone is 1. The fraction of sp³-hybridized carbons (Fsp3) is 0.385. The first-order valence-corrected chi connectivity index (χ1v) is 5.08. The number of hydrogen-bond acceptors (Lipinski definition) is 1. The van der Waals surface area contributed by atoms with Gasteiger partial charge >= 0.3 is 0 Å². The first-order valence-electron chi connectivity index (χ1n) is 5.08. The van der Waals surface area contributed by atoms with E-state index in [0.717, 1.165) is 12.8 Å². The highest BCUT2D eigenvalue weighted by atomic mass is 35.5. The van der Waals surface area contributed by atoms with Crippen LogP contribution in [-0.4, -0.2) is 0 Å². The Balaban J connectivity index is 0.00000196. The van der Waals surface area contributed by atoms with Crippen LogP contribution < -0.4 is 5.73 Å². The molecule has 84 valence electrons. The lowest BCUT2D eigenvalue weighted by Gasteiger charge is -2.12. The van der Waals surface area contributed by atoms with Gasteiger partial charge in [0, 0.05) is 6.04 Å². The zero-order valence-corrected chi connectivity index (χ0v) is 10.3. The van der Waals surface area contributed by atoms with E-state index in [9.17, 15) is 0 Å². The van der Waals surface area contributed by atoms with Crippen molar-refractivity contribution < 1.29 is 0 Å². The second-order valence-electron chi connectivity index (χ2n) is 3.89. The SMILES string of the molecule is C=CCC[C@@H](N)c1cc(C)cc(C)c1.Cl. The topological polar surface area (TPSA) is 26.0 Å². The van der Waals surface area contributed by atoms with Crippen LogP contribution in [0.25, 0.3) is 0 Å². The van der Waals surface area contributed by atoms with Crippen LogP contribution in [0, 0.1) is 13.8 Å². The maximum atomic E-state index is 6.07. The average molecular weight is 226 g/mol. The molecule has 0 aliphatic heterocycles. The van der Waals surface area contributed by atoms with E-state index in [-0.39, 0.29) is 18.4 Å². The van der Waals surface area contributed by atoms with Crippen LogP contribution >= 0.6 is 12.4 Å². The van der Waals surface area contributed by atoms with Gasteiger partial charge in [-0.3, -0.25) is 0 Å². The second kappa shape index (κ2) is 6.65. The van der Waals surface area contributed by atoms with Gasteiger partial charge in [-0.25, -0.2) is 0 Å². The van der Waals surface area contributed by atoms with E-state index < -0.39 is 0 Å². The molecule has 0 aliphatic carbocycles. The van der Waals surface area contributed by atoms with Crippen molar-refractivity contribution in [3.05, 3.63) is 47.5 Å². The lowest BCUT2D eigenvalue weighted by molar-refractivity contribution is 0.660. The molecule has 2 N–H and O–H groups in total. The van der Waals surface area contributed by atoms with Gasteiger partial charge in [0.25, 0.3) is 0 Å². The van der Waals surface area contributed by atoms with E-state index in [1.54, 1.807) is 0 Å². The summed E-state index contributed by atoms with van der Waals surface area (Å²) >= 11 is 0. The lowest BCUT2D eigenvalue weighted by atomic mass is 9.99. The molecule has 0 unspecified atom stereocenters. The Morgan fingerprint density at radius 3 is 2.27 bits per heavy atom. The molecule has 0 heterocycles. The summed E-state index contributed by atoms with van der Waals surface area (Å²) in [4.78, 5) is 0. The largest absolute Gasteiger partial charge is 0.324 e. The molecule has 0 saturated heterocycles. The molecule has 0 aliphatic rings. The standard InChI is InChI=1S/C13H19N.ClH/c1-4-5-6-13(14)12-8-10(2)7-11(3)9-12;/h4,7-9,13H,1,5-6,14H2,2-3H3;1H/t13-;/m1./s1. The number of benzene rings is 1. The van der Waals surface area contributed by atoms with E-state index in [1.807, 2.05) is 6.08 Å². The highest BCUT2D eigenvalue weighted by Crippen LogP contribution is 2.18. The van der Waals surface area contributed by atoms with Crippen molar-refractivity contribution in [3.8, 4) is 0 Å². The van der Waals surface area contributed by atoms with E-state index in [2.05, 4.69) is 38.6 Å². The summed E-state index contributed by atoms with van der Waals surface area (Å²) in [6, 6.07) is 6.65. The molecule has 2 heteroatoms. The molecular formula is C13H20ClN. The normalized spacial score (nSPS) is 11.7. The number of nitrogens with two attached hydrogens (primary N) is 1. The molecule has 1 atom stereocenters. The highest BCUT2D eigenvalue weighted by Gasteiger charge is 2.05. The number of aryl methyl sites for hydroxylation is 2. The molecule has 0 fully saturated rings. The van der Waals surface area contributed by atoms with Gasteiger partial charge in [-0.2, -0.15) is 0 Å². The molecule has 0 spiro atoms. The minimum atomic E-state index is 0. The van der Waals surface area contributed by atoms with Gasteiger partial charge in [0.1, 0.15) is 0 Å². The van der Waals surface area contributed by atoms with E-state index in [4.69, 9.17) is 5.73 Å². The first kappa shape index (κ1) is 14.2. The van der Waals surface area contributed by atoms with Gasteiger partial charge in [-0.1, -0.05) is 35.4 Å². The van der Waals surface area contributed by atoms with E-state index in [0.29, 0.717) is 0 Å². The van der Waals surface area contributed by atoms with Gasteiger partial charge < -0.3 is 5.73 Å². The maximum absolute atomic E-state index is 6.07. The minimum Gasteiger partial charge on any atom is -0.324 e. The Morgan fingerprint density at radius 2 is 1.80 bits per heavy atom. The summed E-state index contributed by atoms with van der Waals surface area (Å²) in [7, 11) is 0. The zero-order valence-electron chi connectivity index (χ0n) is 9.49. The van der Waals surface area contributed by atoms with Gasteiger partial charge in [0.2, 0.25) is 0 Å². The third-order valence-electron chi connectivity index (χ3n) is 2.35. The molecule has 1 aromatic carbocycles. The Kier molecular flexibility index (Phi) is 6.30. The maximum Gasteiger partial charge on any atom is 0.0297 e. The quantitative estimate of drug-likeness (QED) is 0.778. The van der Waals surface area contributed by atoms with Crippen molar-refractivity contribution >= 4 is 12.4 Å². The molecule has 0 saturated carbocycles. The van der Waals surface area contributed by atoms with Gasteiger partial charge in [0.15, 0.2) is 0 Å². The monoisotopic (exact) mass is 225 g/mol. The molecule has 0 bridgehead atoms. The average Bonchev–Trinajstić information content (AvgIpc) is 2.12. The summed E-state index contributed by atoms with van der Waals surface area (Å²) in [6.45, 7) is 7.92. The first-order chi connectivity index (χ1) is 6.63. The molecule has 0 amide bonds. The lowest BCUT2D eigenvalue weighted by Crippen LogP contribution is -2.10. The van der Waals surface area contributed by atoms with Gasteiger partial charge in [-0.05, 0) is 32.3 Å². The predicted octanol–water partition coefficient (Wildman–Crippen LogP) is 3.69. The molecule has 0 radical (unpaired) electrons. The van der Waals surface area contributed by atoms with Crippen molar-refractivity contribution in [2.45, 2.75) is 32.7 Å². The summed E-state index contributed by atoms with van der Waals surface area (Å²) in [5, 5.41) is 0. The van der Waals surface area contributed by atoms with Crippen molar-refractivity contribution in [2.24, 2.45) is 5.73 Å². The van der Waals surface area contributed by atoms with Crippen molar-refractivity contribution in [2.75, 3.05) is 0 Å². The summed E-state index contributed by atoms with van der Waals surface area (Å²) in [5.41, 5.74) is 9.88. The zero-order chi connectivity index (χ0) is 10.6. The summed E-state index contributed by atoms with van der Waals surface area (Å²) in [6.07, 6.45) is 3.88. The Morgan fingerprint density at radius 1 is 1.27 bits per heavy atom. The third-order valence-corrected chi connectivity index (χ3v) is 2.35. The van der Waals surface area contributed by atoms with E-state index >= 15 is 0 Å². The van der Waals surface area contributed by atoms with E-state index in [1.165, 1.54) is 16.7 Å². The Bertz CT molecular complexity index is 300. The van der Waals surface area contributed by atoms with Crippen LogP contribution in [0.4, 0.5) is 0 Å². The Hall–Kier alpha value is -0.790. The molecule has 0 aromatic heterocycles. The fourth-order valence-electron chi connectivity index (χ4n) is 1.69. The van der Waals surface area contributed by atoms with Crippen LogP contribution in [0.5, 0.6) is 0 Å². The number of halogens is 1. The highest BCUT2D eigenvalue weighted by molar-refractivity contribution is 5.85. The van der Waals surface area contributed by atoms with Crippen molar-refractivity contribution in [1.82, 2.24) is 0 Å². The van der Waals surface area contributed by atoms with Crippen LogP contribution in [0.1, 0.15) is 35.6 Å². The summed E-state index contributed by atoms with van der Waals surface area (Å²) in [5.74, 6) is 0. The van der Waals surface area contributed by atoms with Crippen LogP contribution in [0.15, 0.2) is 30.9 Å². The Labute approximate surface area is 98.8 Å². The molecule has 15 heavy (non-hydrogen) atoms. The van der Waals surface area contributed by atoms with Gasteiger partial charge in [-0.15, -0.1) is 19.0 Å². The summed E-state index contributed by atoms with van der Waals surface area (Å²) < 4.78 is 0. The molecule has 1 rings (SSSR count).